The molecular formula is C18H20N4O3. The van der Waals surface area contributed by atoms with Crippen LogP contribution in [0, 0.1) is 5.92 Å². The van der Waals surface area contributed by atoms with Crippen LogP contribution in [0.4, 0.5) is 0 Å². The van der Waals surface area contributed by atoms with Gasteiger partial charge in [-0.3, -0.25) is 19.5 Å². The zero-order chi connectivity index (χ0) is 17.4. The van der Waals surface area contributed by atoms with E-state index in [1.165, 1.54) is 0 Å². The maximum Gasteiger partial charge on any atom is 0.269 e. The molecule has 0 spiro atoms. The summed E-state index contributed by atoms with van der Waals surface area (Å²) < 4.78 is 0. The van der Waals surface area contributed by atoms with Crippen LogP contribution in [0.2, 0.25) is 0 Å². The van der Waals surface area contributed by atoms with Crippen LogP contribution in [-0.2, 0) is 29.1 Å². The highest BCUT2D eigenvalue weighted by Crippen LogP contribution is 2.24. The van der Waals surface area contributed by atoms with Gasteiger partial charge in [0.2, 0.25) is 11.8 Å². The SMILES string of the molecule is O=C1CC(C(=O)N2CCc3[nH][nH]c(=O)c3C2)CN1Cc1ccccc1. The number of aromatic amines is 2. The van der Waals surface area contributed by atoms with Crippen LogP contribution in [0.3, 0.4) is 0 Å². The lowest BCUT2D eigenvalue weighted by Crippen LogP contribution is -2.41. The van der Waals surface area contributed by atoms with Gasteiger partial charge in [-0.05, 0) is 5.56 Å². The summed E-state index contributed by atoms with van der Waals surface area (Å²) in [4.78, 5) is 40.3. The standard InChI is InChI=1S/C18H20N4O3/c23-16-8-13(10-22(16)9-12-4-2-1-3-5-12)18(25)21-7-6-15-14(11-21)17(24)20-19-15/h1-5,13H,6-11H2,(H2,19,20,24). The summed E-state index contributed by atoms with van der Waals surface area (Å²) in [6.07, 6.45) is 0.882. The maximum absolute atomic E-state index is 12.8. The molecule has 1 fully saturated rings. The number of carbonyl (C=O) groups is 2. The number of amides is 2. The van der Waals surface area contributed by atoms with Gasteiger partial charge in [-0.15, -0.1) is 0 Å². The number of H-pyrrole nitrogens is 2. The molecular weight excluding hydrogens is 320 g/mol. The monoisotopic (exact) mass is 340 g/mol. The molecule has 0 saturated carbocycles. The number of hydrogen-bond acceptors (Lipinski definition) is 3. The van der Waals surface area contributed by atoms with Crippen molar-refractivity contribution in [2.45, 2.75) is 25.9 Å². The van der Waals surface area contributed by atoms with E-state index < -0.39 is 0 Å². The topological polar surface area (TPSA) is 89.3 Å². The van der Waals surface area contributed by atoms with Crippen molar-refractivity contribution in [3.05, 3.63) is 57.5 Å². The summed E-state index contributed by atoms with van der Waals surface area (Å²) in [5, 5.41) is 5.43. The van der Waals surface area contributed by atoms with E-state index >= 15 is 0 Å². The van der Waals surface area contributed by atoms with Gasteiger partial charge in [0, 0.05) is 38.2 Å². The van der Waals surface area contributed by atoms with Crippen molar-refractivity contribution in [2.24, 2.45) is 5.92 Å². The summed E-state index contributed by atoms with van der Waals surface area (Å²) in [7, 11) is 0. The number of nitrogens with zero attached hydrogens (tertiary/aromatic N) is 2. The average Bonchev–Trinajstić information content (AvgIpc) is 3.18. The minimum Gasteiger partial charge on any atom is -0.338 e. The number of nitrogens with one attached hydrogen (secondary N) is 2. The minimum atomic E-state index is -0.323. The third kappa shape index (κ3) is 2.97. The molecule has 2 aromatic rings. The Labute approximate surface area is 144 Å². The molecule has 0 aliphatic carbocycles. The second-order valence-electron chi connectivity index (χ2n) is 6.71. The normalized spacial score (nSPS) is 20.0. The first-order valence-corrected chi connectivity index (χ1v) is 8.50. The lowest BCUT2D eigenvalue weighted by Gasteiger charge is -2.28. The Morgan fingerprint density at radius 3 is 2.76 bits per heavy atom. The quantitative estimate of drug-likeness (QED) is 0.859. The van der Waals surface area contributed by atoms with Crippen LogP contribution < -0.4 is 5.56 Å². The van der Waals surface area contributed by atoms with Gasteiger partial charge in [-0.25, -0.2) is 0 Å². The molecule has 3 heterocycles. The minimum absolute atomic E-state index is 0.0133. The Kier molecular flexibility index (Phi) is 3.91. The highest BCUT2D eigenvalue weighted by atomic mass is 16.2. The first-order valence-electron chi connectivity index (χ1n) is 8.50. The second kappa shape index (κ2) is 6.23. The molecule has 1 unspecified atom stereocenters. The van der Waals surface area contributed by atoms with E-state index in [0.29, 0.717) is 38.2 Å². The van der Waals surface area contributed by atoms with Gasteiger partial charge in [0.1, 0.15) is 0 Å². The van der Waals surface area contributed by atoms with Gasteiger partial charge in [0.15, 0.2) is 0 Å². The Morgan fingerprint density at radius 1 is 1.16 bits per heavy atom. The molecule has 1 atom stereocenters. The number of hydrogen-bond donors (Lipinski definition) is 2. The molecule has 2 N–H and O–H groups in total. The summed E-state index contributed by atoms with van der Waals surface area (Å²) >= 11 is 0. The average molecular weight is 340 g/mol. The first-order chi connectivity index (χ1) is 12.1. The maximum atomic E-state index is 12.8. The van der Waals surface area contributed by atoms with Crippen molar-refractivity contribution in [2.75, 3.05) is 13.1 Å². The molecule has 0 bridgehead atoms. The Balaban J connectivity index is 1.43. The van der Waals surface area contributed by atoms with Crippen molar-refractivity contribution < 1.29 is 9.59 Å². The molecule has 130 valence electrons. The van der Waals surface area contributed by atoms with Crippen molar-refractivity contribution in [1.29, 1.82) is 0 Å². The van der Waals surface area contributed by atoms with Gasteiger partial charge in [0.25, 0.3) is 5.56 Å². The summed E-state index contributed by atoms with van der Waals surface area (Å²) in [6, 6.07) is 9.78. The smallest absolute Gasteiger partial charge is 0.269 e. The zero-order valence-corrected chi connectivity index (χ0v) is 13.8. The molecule has 7 heteroatoms. The lowest BCUT2D eigenvalue weighted by molar-refractivity contribution is -0.136. The predicted molar refractivity (Wildman–Crippen MR) is 90.5 cm³/mol. The fraction of sp³-hybridized carbons (Fsp3) is 0.389. The Morgan fingerprint density at radius 2 is 1.96 bits per heavy atom. The molecule has 2 aliphatic heterocycles. The molecule has 1 aromatic carbocycles. The Hall–Kier alpha value is -2.83. The van der Waals surface area contributed by atoms with Crippen molar-refractivity contribution >= 4 is 11.8 Å². The highest BCUT2D eigenvalue weighted by Gasteiger charge is 2.37. The van der Waals surface area contributed by atoms with Gasteiger partial charge < -0.3 is 14.9 Å². The van der Waals surface area contributed by atoms with E-state index in [2.05, 4.69) is 10.2 Å². The molecule has 1 saturated heterocycles. The fourth-order valence-corrected chi connectivity index (χ4v) is 3.66. The highest BCUT2D eigenvalue weighted by molar-refractivity contribution is 5.89. The molecule has 25 heavy (non-hydrogen) atoms. The predicted octanol–water partition coefficient (Wildman–Crippen LogP) is 0.636. The van der Waals surface area contributed by atoms with Crippen LogP contribution in [0.15, 0.2) is 35.1 Å². The fourth-order valence-electron chi connectivity index (χ4n) is 3.66. The van der Waals surface area contributed by atoms with Gasteiger partial charge >= 0.3 is 0 Å². The van der Waals surface area contributed by atoms with Crippen LogP contribution in [0.1, 0.15) is 23.2 Å². The van der Waals surface area contributed by atoms with Crippen LogP contribution >= 0.6 is 0 Å². The van der Waals surface area contributed by atoms with Crippen molar-refractivity contribution in [1.82, 2.24) is 20.0 Å². The van der Waals surface area contributed by atoms with E-state index in [1.807, 2.05) is 30.3 Å². The van der Waals surface area contributed by atoms with Crippen LogP contribution in [0.5, 0.6) is 0 Å². The Bertz CT molecular complexity index is 855. The number of likely N-dealkylation sites (tertiary alicyclic amines) is 1. The largest absolute Gasteiger partial charge is 0.338 e. The lowest BCUT2D eigenvalue weighted by atomic mass is 10.0. The van der Waals surface area contributed by atoms with E-state index in [1.54, 1.807) is 9.80 Å². The van der Waals surface area contributed by atoms with Crippen LogP contribution in [-0.4, -0.2) is 44.9 Å². The molecule has 2 aliphatic rings. The third-order valence-electron chi connectivity index (χ3n) is 5.04. The number of rotatable bonds is 3. The third-order valence-corrected chi connectivity index (χ3v) is 5.04. The molecule has 7 nitrogen and oxygen atoms in total. The molecule has 4 rings (SSSR count). The van der Waals surface area contributed by atoms with Crippen molar-refractivity contribution in [3.63, 3.8) is 0 Å². The van der Waals surface area contributed by atoms with E-state index in [4.69, 9.17) is 0 Å². The number of fused-ring (bicyclic) bond motifs is 1. The summed E-state index contributed by atoms with van der Waals surface area (Å²) in [6.45, 7) is 1.86. The number of aromatic nitrogens is 2. The number of carbonyl (C=O) groups excluding carboxylic acids is 2. The number of benzene rings is 1. The van der Waals surface area contributed by atoms with E-state index in [-0.39, 0.29) is 29.7 Å². The van der Waals surface area contributed by atoms with Gasteiger partial charge in [0.05, 0.1) is 18.0 Å². The van der Waals surface area contributed by atoms with E-state index in [9.17, 15) is 14.4 Å². The zero-order valence-electron chi connectivity index (χ0n) is 13.8. The second-order valence-corrected chi connectivity index (χ2v) is 6.71. The molecule has 1 aromatic heterocycles. The van der Waals surface area contributed by atoms with Gasteiger partial charge in [-0.1, -0.05) is 30.3 Å². The van der Waals surface area contributed by atoms with Crippen molar-refractivity contribution in [3.8, 4) is 0 Å². The molecule has 0 radical (unpaired) electrons. The van der Waals surface area contributed by atoms with Gasteiger partial charge in [-0.2, -0.15) is 0 Å². The van der Waals surface area contributed by atoms with E-state index in [0.717, 1.165) is 11.3 Å². The first kappa shape index (κ1) is 15.7. The van der Waals surface area contributed by atoms with Crippen LogP contribution in [0.25, 0.3) is 0 Å². The summed E-state index contributed by atoms with van der Waals surface area (Å²) in [5.74, 6) is -0.342. The molecule has 2 amide bonds. The summed E-state index contributed by atoms with van der Waals surface area (Å²) in [5.41, 5.74) is 2.40.